The van der Waals surface area contributed by atoms with Gasteiger partial charge in [0.1, 0.15) is 0 Å². The molecule has 0 spiro atoms. The van der Waals surface area contributed by atoms with Crippen LogP contribution in [0.25, 0.3) is 5.57 Å². The molecule has 1 aliphatic rings. The topological polar surface area (TPSA) is 34.0 Å². The maximum absolute atomic E-state index is 12.7. The Balaban J connectivity index is 1.66. The Morgan fingerprint density at radius 3 is 2.59 bits per heavy atom. The lowest BCUT2D eigenvalue weighted by atomic mass is 9.97. The van der Waals surface area contributed by atoms with E-state index in [1.807, 2.05) is 6.07 Å². The Kier molecular flexibility index (Phi) is 6.20. The third-order valence-electron chi connectivity index (χ3n) is 5.49. The van der Waals surface area contributed by atoms with E-state index < -0.39 is 0 Å². The van der Waals surface area contributed by atoms with Crippen LogP contribution in [0.15, 0.2) is 36.4 Å². The van der Waals surface area contributed by atoms with E-state index in [0.717, 1.165) is 30.5 Å². The second-order valence-corrected chi connectivity index (χ2v) is 7.72. The summed E-state index contributed by atoms with van der Waals surface area (Å²) in [6.07, 6.45) is 7.86. The van der Waals surface area contributed by atoms with Crippen molar-refractivity contribution < 1.29 is 4.79 Å². The average molecular weight is 365 g/mol. The summed E-state index contributed by atoms with van der Waals surface area (Å²) in [5.74, 6) is 0.0506. The van der Waals surface area contributed by atoms with Gasteiger partial charge in [-0.1, -0.05) is 43.7 Å². The smallest absolute Gasteiger partial charge is 0.253 e. The summed E-state index contributed by atoms with van der Waals surface area (Å²) in [5, 5.41) is 3.14. The van der Waals surface area contributed by atoms with Gasteiger partial charge in [0, 0.05) is 24.0 Å². The fourth-order valence-electron chi connectivity index (χ4n) is 3.91. The third kappa shape index (κ3) is 4.52. The van der Waals surface area contributed by atoms with Gasteiger partial charge in [-0.05, 0) is 69.2 Å². The predicted molar refractivity (Wildman–Crippen MR) is 113 cm³/mol. The molecule has 1 fully saturated rings. The predicted octanol–water partition coefficient (Wildman–Crippen LogP) is 5.75. The van der Waals surface area contributed by atoms with Crippen molar-refractivity contribution >= 4 is 11.5 Å². The molecule has 1 amide bonds. The average Bonchev–Trinajstić information content (AvgIpc) is 3.43. The molecule has 0 radical (unpaired) electrons. The number of amides is 1. The van der Waals surface area contributed by atoms with Gasteiger partial charge >= 0.3 is 0 Å². The van der Waals surface area contributed by atoms with Crippen LogP contribution in [0, 0.1) is 20.8 Å². The Bertz CT molecular complexity index is 840. The Morgan fingerprint density at radius 2 is 1.93 bits per heavy atom. The molecule has 1 aromatic carbocycles. The van der Waals surface area contributed by atoms with E-state index in [9.17, 15) is 4.79 Å². The molecule has 1 aliphatic carbocycles. The number of benzene rings is 1. The van der Waals surface area contributed by atoms with Crippen molar-refractivity contribution in [2.45, 2.75) is 65.8 Å². The first-order valence-electron chi connectivity index (χ1n) is 10.2. The summed E-state index contributed by atoms with van der Waals surface area (Å²) in [7, 11) is 0. The molecule has 1 heterocycles. The molecule has 0 aliphatic heterocycles. The van der Waals surface area contributed by atoms with E-state index in [1.165, 1.54) is 35.2 Å². The Hall–Kier alpha value is -2.29. The van der Waals surface area contributed by atoms with Crippen molar-refractivity contribution in [3.8, 4) is 0 Å². The van der Waals surface area contributed by atoms with Gasteiger partial charge in [-0.3, -0.25) is 4.79 Å². The maximum atomic E-state index is 12.7. The Morgan fingerprint density at radius 1 is 1.19 bits per heavy atom. The minimum atomic E-state index is 0.0506. The summed E-state index contributed by atoms with van der Waals surface area (Å²) in [5.41, 5.74) is 7.05. The molecule has 144 valence electrons. The number of allylic oxidation sites excluding steroid dienone is 1. The van der Waals surface area contributed by atoms with Crippen molar-refractivity contribution in [2.24, 2.45) is 0 Å². The number of rotatable bonds is 8. The van der Waals surface area contributed by atoms with Gasteiger partial charge in [-0.2, -0.15) is 0 Å². The zero-order valence-corrected chi connectivity index (χ0v) is 17.1. The van der Waals surface area contributed by atoms with Gasteiger partial charge in [0.05, 0.1) is 5.56 Å². The number of aromatic nitrogens is 1. The number of aryl methyl sites for hydroxylation is 2. The molecule has 1 saturated carbocycles. The molecule has 3 nitrogen and oxygen atoms in total. The van der Waals surface area contributed by atoms with Gasteiger partial charge in [0.15, 0.2) is 0 Å². The molecule has 3 rings (SSSR count). The molecule has 1 aromatic heterocycles. The van der Waals surface area contributed by atoms with E-state index in [2.05, 4.69) is 67.9 Å². The highest BCUT2D eigenvalue weighted by molar-refractivity contribution is 5.95. The lowest BCUT2D eigenvalue weighted by molar-refractivity contribution is 0.0954. The molecule has 2 aromatic rings. The number of unbranched alkanes of at least 4 members (excludes halogenated alkanes) is 1. The van der Waals surface area contributed by atoms with Gasteiger partial charge < -0.3 is 9.88 Å². The first kappa shape index (κ1) is 19.5. The highest BCUT2D eigenvalue weighted by Crippen LogP contribution is 2.38. The molecule has 0 saturated heterocycles. The van der Waals surface area contributed by atoms with Crippen molar-refractivity contribution in [3.05, 3.63) is 64.5 Å². The van der Waals surface area contributed by atoms with Gasteiger partial charge in [0.25, 0.3) is 5.91 Å². The van der Waals surface area contributed by atoms with Crippen LogP contribution in [-0.4, -0.2) is 17.0 Å². The lowest BCUT2D eigenvalue weighted by Crippen LogP contribution is -2.25. The fourth-order valence-corrected chi connectivity index (χ4v) is 3.91. The summed E-state index contributed by atoms with van der Waals surface area (Å²) < 4.78 is 2.33. The second-order valence-electron chi connectivity index (χ2n) is 7.72. The van der Waals surface area contributed by atoms with Crippen LogP contribution in [0.2, 0.25) is 0 Å². The summed E-state index contributed by atoms with van der Waals surface area (Å²) in [6.45, 7) is 9.19. The van der Waals surface area contributed by atoms with E-state index in [4.69, 9.17) is 0 Å². The first-order chi connectivity index (χ1) is 13.0. The van der Waals surface area contributed by atoms with Crippen LogP contribution in [-0.2, 0) is 0 Å². The molecule has 0 unspecified atom stereocenters. The van der Waals surface area contributed by atoms with Gasteiger partial charge in [0.2, 0.25) is 0 Å². The van der Waals surface area contributed by atoms with E-state index >= 15 is 0 Å². The summed E-state index contributed by atoms with van der Waals surface area (Å²) in [4.78, 5) is 12.7. The molecular formula is C24H32N2O. The number of nitrogens with zero attached hydrogens (tertiary/aromatic N) is 1. The minimum Gasteiger partial charge on any atom is -0.352 e. The van der Waals surface area contributed by atoms with Gasteiger partial charge in [-0.15, -0.1) is 0 Å². The molecule has 3 heteroatoms. The van der Waals surface area contributed by atoms with Crippen LogP contribution in [0.5, 0.6) is 0 Å². The number of carbonyl (C=O) groups excluding carboxylic acids is 1. The number of nitrogens with one attached hydrogen (secondary N) is 1. The van der Waals surface area contributed by atoms with Crippen LogP contribution in [0.4, 0.5) is 0 Å². The van der Waals surface area contributed by atoms with Gasteiger partial charge in [-0.25, -0.2) is 0 Å². The first-order valence-corrected chi connectivity index (χ1v) is 10.2. The maximum Gasteiger partial charge on any atom is 0.253 e. The van der Waals surface area contributed by atoms with Crippen molar-refractivity contribution in [2.75, 3.05) is 6.54 Å². The van der Waals surface area contributed by atoms with E-state index in [1.54, 1.807) is 0 Å². The SMILES string of the molecule is CCCC=C(CCNC(=O)c1cc(C)n(C2CC2)c1C)c1ccccc1C. The van der Waals surface area contributed by atoms with E-state index in [-0.39, 0.29) is 5.91 Å². The zero-order chi connectivity index (χ0) is 19.4. The molecule has 1 N–H and O–H groups in total. The van der Waals surface area contributed by atoms with Crippen molar-refractivity contribution in [1.82, 2.24) is 9.88 Å². The highest BCUT2D eigenvalue weighted by atomic mass is 16.1. The summed E-state index contributed by atoms with van der Waals surface area (Å²) in [6, 6.07) is 11.2. The van der Waals surface area contributed by atoms with Crippen molar-refractivity contribution in [1.29, 1.82) is 0 Å². The highest BCUT2D eigenvalue weighted by Gasteiger charge is 2.28. The minimum absolute atomic E-state index is 0.0506. The van der Waals surface area contributed by atoms with Crippen LogP contribution in [0.3, 0.4) is 0 Å². The molecule has 27 heavy (non-hydrogen) atoms. The molecule has 0 bridgehead atoms. The third-order valence-corrected chi connectivity index (χ3v) is 5.49. The largest absolute Gasteiger partial charge is 0.352 e. The number of hydrogen-bond acceptors (Lipinski definition) is 1. The lowest BCUT2D eigenvalue weighted by Gasteiger charge is -2.12. The fraction of sp³-hybridized carbons (Fsp3) is 0.458. The van der Waals surface area contributed by atoms with Crippen molar-refractivity contribution in [3.63, 3.8) is 0 Å². The molecule has 0 atom stereocenters. The molecular weight excluding hydrogens is 332 g/mol. The standard InChI is InChI=1S/C24H32N2O/c1-5-6-10-20(22-11-8-7-9-17(22)2)14-15-25-24(27)23-16-18(3)26(19(23)4)21-12-13-21/h7-11,16,21H,5-6,12-15H2,1-4H3,(H,25,27). The number of carbonyl (C=O) groups is 1. The normalized spacial score (nSPS) is 14.4. The van der Waals surface area contributed by atoms with E-state index in [0.29, 0.717) is 12.6 Å². The number of hydrogen-bond donors (Lipinski definition) is 1. The zero-order valence-electron chi connectivity index (χ0n) is 17.1. The van der Waals surface area contributed by atoms with Crippen LogP contribution < -0.4 is 5.32 Å². The quantitative estimate of drug-likeness (QED) is 0.635. The summed E-state index contributed by atoms with van der Waals surface area (Å²) >= 11 is 0. The van der Waals surface area contributed by atoms with Crippen LogP contribution >= 0.6 is 0 Å². The Labute approximate surface area is 163 Å². The second kappa shape index (κ2) is 8.60. The van der Waals surface area contributed by atoms with Crippen LogP contribution in [0.1, 0.15) is 77.9 Å². The monoisotopic (exact) mass is 364 g/mol.